The first kappa shape index (κ1) is 39.7. The second kappa shape index (κ2) is 13.1. The van der Waals surface area contributed by atoms with Crippen molar-refractivity contribution in [1.29, 1.82) is 0 Å². The van der Waals surface area contributed by atoms with Crippen LogP contribution in [0.5, 0.6) is 0 Å². The van der Waals surface area contributed by atoms with Crippen molar-refractivity contribution in [2.24, 2.45) is 34.5 Å². The molecule has 5 nitrogen and oxygen atoms in total. The molecule has 0 saturated heterocycles. The van der Waals surface area contributed by atoms with Crippen LogP contribution in [0.2, 0.25) is 98.2 Å². The third kappa shape index (κ3) is 8.84. The summed E-state index contributed by atoms with van der Waals surface area (Å²) in [7, 11) is -9.03. The van der Waals surface area contributed by atoms with E-state index in [2.05, 4.69) is 112 Å². The molecule has 0 aliphatic heterocycles. The molecule has 4 aliphatic rings. The Labute approximate surface area is 291 Å². The van der Waals surface area contributed by atoms with E-state index in [0.29, 0.717) is 35.9 Å². The highest BCUT2D eigenvalue weighted by molar-refractivity contribution is 6.71. The van der Waals surface area contributed by atoms with E-state index in [1.807, 2.05) is 0 Å². The van der Waals surface area contributed by atoms with Gasteiger partial charge in [-0.15, -0.1) is 0 Å². The Balaban J connectivity index is 1.80. The summed E-state index contributed by atoms with van der Waals surface area (Å²) in [6.07, 6.45) is 10.5. The largest absolute Gasteiger partial charge is 0.415 e. The first-order chi connectivity index (χ1) is 20.6. The van der Waals surface area contributed by atoms with Gasteiger partial charge in [0.1, 0.15) is 0 Å². The maximum absolute atomic E-state index is 7.70. The zero-order valence-corrected chi connectivity index (χ0v) is 38.4. The molecule has 0 amide bonds. The van der Waals surface area contributed by atoms with Crippen molar-refractivity contribution >= 4 is 41.6 Å². The van der Waals surface area contributed by atoms with Crippen molar-refractivity contribution in [2.45, 2.75) is 187 Å². The van der Waals surface area contributed by atoms with E-state index in [-0.39, 0.29) is 23.2 Å². The molecule has 10 unspecified atom stereocenters. The molecule has 0 heterocycles. The molecule has 10 heteroatoms. The second-order valence-corrected chi connectivity index (χ2v) is 43.7. The van der Waals surface area contributed by atoms with E-state index < -0.39 is 41.6 Å². The van der Waals surface area contributed by atoms with Gasteiger partial charge in [-0.05, 0) is 179 Å². The van der Waals surface area contributed by atoms with Gasteiger partial charge in [0.05, 0.1) is 18.3 Å². The summed E-state index contributed by atoms with van der Waals surface area (Å²) in [6, 6.07) is 0. The van der Waals surface area contributed by atoms with Crippen LogP contribution in [-0.4, -0.2) is 72.1 Å². The fourth-order valence-corrected chi connectivity index (χ4v) is 16.5. The average Bonchev–Trinajstić information content (AvgIpc) is 3.09. The van der Waals surface area contributed by atoms with Crippen LogP contribution < -0.4 is 0 Å². The van der Waals surface area contributed by atoms with E-state index >= 15 is 0 Å². The molecule has 0 spiro atoms. The Bertz CT molecular complexity index is 1060. The minimum atomic E-state index is -1.97. The van der Waals surface area contributed by atoms with Gasteiger partial charge in [-0.1, -0.05) is 13.8 Å². The molecule has 0 aromatic rings. The normalized spacial score (nSPS) is 39.8. The van der Waals surface area contributed by atoms with Crippen LogP contribution in [0.4, 0.5) is 0 Å². The van der Waals surface area contributed by atoms with Crippen LogP contribution in [0.1, 0.15) is 65.2 Å². The molecule has 4 saturated carbocycles. The molecule has 10 atom stereocenters. The maximum atomic E-state index is 7.70. The topological polar surface area (TPSA) is 46.2 Å². The number of rotatable bonds is 12. The molecule has 4 rings (SSSR count). The van der Waals surface area contributed by atoms with Crippen molar-refractivity contribution in [3.05, 3.63) is 0 Å². The quantitative estimate of drug-likeness (QED) is 0.187. The minimum Gasteiger partial charge on any atom is -0.415 e. The molecule has 0 aromatic carbocycles. The van der Waals surface area contributed by atoms with Crippen LogP contribution in [0, 0.1) is 34.5 Å². The average molecular weight is 729 g/mol. The van der Waals surface area contributed by atoms with Crippen LogP contribution in [0.15, 0.2) is 0 Å². The third-order valence-corrected chi connectivity index (χ3v) is 17.0. The third-order valence-electron chi connectivity index (χ3n) is 11.9. The summed E-state index contributed by atoms with van der Waals surface area (Å²) in [5.74, 6) is 2.65. The lowest BCUT2D eigenvalue weighted by molar-refractivity contribution is -0.212. The summed E-state index contributed by atoms with van der Waals surface area (Å²) < 4.78 is 36.0. The minimum absolute atomic E-state index is 0.0206. The molecule has 46 heavy (non-hydrogen) atoms. The number of fused-ring (bicyclic) bond motifs is 5. The smallest absolute Gasteiger partial charge is 0.184 e. The first-order valence-corrected chi connectivity index (χ1v) is 36.0. The highest BCUT2D eigenvalue weighted by Gasteiger charge is 2.71. The molecular formula is C36H76O5Si5. The SMILES string of the molecule is CC12CCC(O[Si](C)(C)C)CC1CCC1C2C(O[Si](C)(C)C)CC2(C)C1CCC2(O[Si](C)(C)C)C(CO[Si](C)(C)C)O[Si](C)(C)C. The summed E-state index contributed by atoms with van der Waals surface area (Å²) in [6.45, 7) is 41.5. The van der Waals surface area contributed by atoms with Crippen LogP contribution in [0.3, 0.4) is 0 Å². The van der Waals surface area contributed by atoms with Crippen molar-refractivity contribution in [1.82, 2.24) is 0 Å². The zero-order chi connectivity index (χ0) is 34.9. The lowest BCUT2D eigenvalue weighted by atomic mass is 9.43. The summed E-state index contributed by atoms with van der Waals surface area (Å²) in [5, 5.41) is 0. The van der Waals surface area contributed by atoms with E-state index in [9.17, 15) is 0 Å². The van der Waals surface area contributed by atoms with Gasteiger partial charge in [-0.2, -0.15) is 0 Å². The van der Waals surface area contributed by atoms with E-state index in [1.54, 1.807) is 0 Å². The van der Waals surface area contributed by atoms with E-state index in [0.717, 1.165) is 18.8 Å². The second-order valence-electron chi connectivity index (χ2n) is 21.4. The molecule has 4 aliphatic carbocycles. The van der Waals surface area contributed by atoms with Crippen molar-refractivity contribution in [3.8, 4) is 0 Å². The lowest BCUT2D eigenvalue weighted by Crippen LogP contribution is -2.68. The highest BCUT2D eigenvalue weighted by Crippen LogP contribution is 2.70. The fourth-order valence-electron chi connectivity index (χ4n) is 10.8. The lowest BCUT2D eigenvalue weighted by Gasteiger charge is -2.66. The Morgan fingerprint density at radius 1 is 0.652 bits per heavy atom. The van der Waals surface area contributed by atoms with Gasteiger partial charge < -0.3 is 22.1 Å². The van der Waals surface area contributed by atoms with Crippen LogP contribution >= 0.6 is 0 Å². The maximum Gasteiger partial charge on any atom is 0.184 e. The Morgan fingerprint density at radius 3 is 1.78 bits per heavy atom. The summed E-state index contributed by atoms with van der Waals surface area (Å²) in [5.41, 5.74) is -0.0597. The van der Waals surface area contributed by atoms with Crippen LogP contribution in [-0.2, 0) is 22.1 Å². The molecule has 270 valence electrons. The molecule has 4 fully saturated rings. The number of hydrogen-bond acceptors (Lipinski definition) is 5. The van der Waals surface area contributed by atoms with Gasteiger partial charge in [0.2, 0.25) is 0 Å². The Hall–Kier alpha value is 0.884. The summed E-state index contributed by atoms with van der Waals surface area (Å²) >= 11 is 0. The van der Waals surface area contributed by atoms with Gasteiger partial charge in [-0.25, -0.2) is 0 Å². The molecular weight excluding hydrogens is 653 g/mol. The molecule has 0 radical (unpaired) electrons. The standard InChI is InChI=1S/C36H76O5Si5/c1-34-22-20-28(38-43(6,7)8)24-27(34)18-19-29-30-21-23-36(41-46(15,16)17,32(40-45(12,13)14)26-37-42(3,4)5)35(30,2)25-31(33(29)34)39-44(9,10)11/h27-33H,18-26H2,1-17H3. The predicted octanol–water partition coefficient (Wildman–Crippen LogP) is 10.7. The van der Waals surface area contributed by atoms with Gasteiger partial charge in [-0.3, -0.25) is 0 Å². The van der Waals surface area contributed by atoms with Gasteiger partial charge >= 0.3 is 0 Å². The van der Waals surface area contributed by atoms with Gasteiger partial charge in [0.25, 0.3) is 0 Å². The van der Waals surface area contributed by atoms with Crippen LogP contribution in [0.25, 0.3) is 0 Å². The number of hydrogen-bond donors (Lipinski definition) is 0. The van der Waals surface area contributed by atoms with E-state index in [1.165, 1.54) is 38.5 Å². The molecule has 0 N–H and O–H groups in total. The zero-order valence-electron chi connectivity index (χ0n) is 33.4. The van der Waals surface area contributed by atoms with Crippen molar-refractivity contribution in [3.63, 3.8) is 0 Å². The first-order valence-electron chi connectivity index (χ1n) is 19.0. The Kier molecular flexibility index (Phi) is 11.3. The van der Waals surface area contributed by atoms with E-state index in [4.69, 9.17) is 22.1 Å². The van der Waals surface area contributed by atoms with Gasteiger partial charge in [0.15, 0.2) is 41.6 Å². The monoisotopic (exact) mass is 728 g/mol. The predicted molar refractivity (Wildman–Crippen MR) is 208 cm³/mol. The van der Waals surface area contributed by atoms with Gasteiger partial charge in [0, 0.05) is 17.6 Å². The fraction of sp³-hybridized carbons (Fsp3) is 1.00. The Morgan fingerprint density at radius 2 is 1.26 bits per heavy atom. The molecule has 0 aromatic heterocycles. The molecule has 0 bridgehead atoms. The van der Waals surface area contributed by atoms with Crippen molar-refractivity contribution < 1.29 is 22.1 Å². The highest BCUT2D eigenvalue weighted by atomic mass is 28.4. The summed E-state index contributed by atoms with van der Waals surface area (Å²) in [4.78, 5) is 0. The van der Waals surface area contributed by atoms with Crippen molar-refractivity contribution in [2.75, 3.05) is 6.61 Å².